The molecular formula is C18H14F3N4O7-. The van der Waals surface area contributed by atoms with Gasteiger partial charge in [0.25, 0.3) is 17.1 Å². The minimum absolute atomic E-state index is 0.384. The lowest BCUT2D eigenvalue weighted by Gasteiger charge is -2.20. The van der Waals surface area contributed by atoms with Crippen LogP contribution in [0.2, 0.25) is 0 Å². The molecule has 0 saturated heterocycles. The van der Waals surface area contributed by atoms with E-state index < -0.39 is 54.7 Å². The molecule has 0 amide bonds. The van der Waals surface area contributed by atoms with E-state index in [-0.39, 0.29) is 0 Å². The summed E-state index contributed by atoms with van der Waals surface area (Å²) in [6.07, 6.45) is -4.29. The topological polar surface area (TPSA) is 165 Å². The van der Waals surface area contributed by atoms with E-state index in [1.54, 1.807) is 0 Å². The minimum atomic E-state index is -4.29. The largest absolute Gasteiger partial charge is 0.863 e. The van der Waals surface area contributed by atoms with Gasteiger partial charge in [0.1, 0.15) is 0 Å². The van der Waals surface area contributed by atoms with Crippen molar-refractivity contribution >= 4 is 28.5 Å². The fraction of sp³-hybridized carbons (Fsp3) is 0.278. The van der Waals surface area contributed by atoms with Crippen LogP contribution in [0.15, 0.2) is 35.3 Å². The van der Waals surface area contributed by atoms with Gasteiger partial charge in [0.15, 0.2) is 0 Å². The van der Waals surface area contributed by atoms with Crippen LogP contribution in [0, 0.1) is 30.3 Å². The van der Waals surface area contributed by atoms with Gasteiger partial charge in [-0.05, 0) is 30.7 Å². The molecule has 0 aliphatic carbocycles. The maximum atomic E-state index is 12.6. The molecule has 1 heterocycles. The third-order valence-electron chi connectivity index (χ3n) is 4.83. The van der Waals surface area contributed by atoms with Gasteiger partial charge in [0, 0.05) is 11.1 Å². The van der Waals surface area contributed by atoms with Crippen molar-refractivity contribution in [2.45, 2.75) is 32.4 Å². The Morgan fingerprint density at radius 2 is 1.41 bits per heavy atom. The number of rotatable bonds is 3. The van der Waals surface area contributed by atoms with E-state index in [4.69, 9.17) is 0 Å². The van der Waals surface area contributed by atoms with Crippen LogP contribution in [-0.4, -0.2) is 20.5 Å². The van der Waals surface area contributed by atoms with Crippen molar-refractivity contribution < 1.29 is 33.0 Å². The Morgan fingerprint density at radius 1 is 0.906 bits per heavy atom. The third kappa shape index (κ3) is 4.63. The highest BCUT2D eigenvalue weighted by Crippen LogP contribution is 2.42. The molecule has 2 aromatic rings. The molecule has 0 spiro atoms. The maximum absolute atomic E-state index is 12.6. The fourth-order valence-corrected chi connectivity index (χ4v) is 2.79. The van der Waals surface area contributed by atoms with Gasteiger partial charge in [-0.3, -0.25) is 35.3 Å². The summed E-state index contributed by atoms with van der Waals surface area (Å²) in [5, 5.41) is 42.1. The van der Waals surface area contributed by atoms with Gasteiger partial charge < -0.3 is 5.11 Å². The number of benzene rings is 2. The second-order valence-electron chi connectivity index (χ2n) is 7.14. The summed E-state index contributed by atoms with van der Waals surface area (Å²) in [5.41, 5.74) is -2.13. The standard InChI is InChI=1S/C12H12F3N.C6H3N3O7/c1-7-11(2,3)9-6-8(12(13,14)15)4-5-10(9)16-7;10-6-4(8(13)14)1-3(7(11)12)2-5(6)9(15)16/h4-6H,1-3H3;1-2,10H/p-1. The highest BCUT2D eigenvalue weighted by atomic mass is 19.4. The first kappa shape index (κ1) is 24.2. The van der Waals surface area contributed by atoms with Crippen molar-refractivity contribution in [1.82, 2.24) is 0 Å². The van der Waals surface area contributed by atoms with Gasteiger partial charge in [0.05, 0.1) is 43.9 Å². The van der Waals surface area contributed by atoms with Gasteiger partial charge in [-0.15, -0.1) is 0 Å². The zero-order chi connectivity index (χ0) is 24.6. The number of hydrogen-bond donors (Lipinski definition) is 0. The summed E-state index contributed by atoms with van der Waals surface area (Å²) in [6.45, 7) is 5.61. The summed E-state index contributed by atoms with van der Waals surface area (Å²) in [5.74, 6) is -1.46. The van der Waals surface area contributed by atoms with Gasteiger partial charge >= 0.3 is 6.18 Å². The Hall–Kier alpha value is -4.10. The summed E-state index contributed by atoms with van der Waals surface area (Å²) in [7, 11) is 0. The Morgan fingerprint density at radius 3 is 1.81 bits per heavy atom. The average Bonchev–Trinajstić information content (AvgIpc) is 2.89. The molecule has 0 fully saturated rings. The second kappa shape index (κ2) is 8.20. The first-order valence-corrected chi connectivity index (χ1v) is 8.63. The lowest BCUT2D eigenvalue weighted by Crippen LogP contribution is -2.23. The Bertz CT molecular complexity index is 1120. The number of nitro groups is 3. The van der Waals surface area contributed by atoms with E-state index in [1.165, 1.54) is 12.1 Å². The molecule has 11 nitrogen and oxygen atoms in total. The van der Waals surface area contributed by atoms with Gasteiger partial charge in [-0.1, -0.05) is 13.8 Å². The van der Waals surface area contributed by atoms with Gasteiger partial charge in [-0.2, -0.15) is 13.2 Å². The van der Waals surface area contributed by atoms with Gasteiger partial charge in [0.2, 0.25) is 0 Å². The van der Waals surface area contributed by atoms with Crippen molar-refractivity contribution in [1.29, 1.82) is 0 Å². The molecule has 2 aromatic carbocycles. The maximum Gasteiger partial charge on any atom is 0.416 e. The van der Waals surface area contributed by atoms with Crippen LogP contribution in [0.5, 0.6) is 5.75 Å². The molecule has 3 rings (SSSR count). The number of non-ortho nitro benzene ring substituents is 1. The van der Waals surface area contributed by atoms with Crippen LogP contribution in [0.1, 0.15) is 31.9 Å². The predicted octanol–water partition coefficient (Wildman–Crippen LogP) is 4.57. The number of aliphatic imine (C=N–C) groups is 1. The molecule has 0 atom stereocenters. The Balaban J connectivity index is 0.000000227. The SMILES string of the molecule is CC1=Nc2ccc(C(F)(F)F)cc2C1(C)C.O=[N+]([O-])c1cc([N+](=O)[O-])c([O-])c([N+](=O)[O-])c1. The lowest BCUT2D eigenvalue weighted by molar-refractivity contribution is -0.420. The minimum Gasteiger partial charge on any atom is -0.863 e. The normalized spacial score (nSPS) is 14.0. The zero-order valence-electron chi connectivity index (χ0n) is 16.7. The zero-order valence-corrected chi connectivity index (χ0v) is 16.7. The Kier molecular flexibility index (Phi) is 6.20. The van der Waals surface area contributed by atoms with Crippen molar-refractivity contribution in [3.05, 3.63) is 71.8 Å². The van der Waals surface area contributed by atoms with Crippen LogP contribution in [0.3, 0.4) is 0 Å². The van der Waals surface area contributed by atoms with E-state index >= 15 is 0 Å². The monoisotopic (exact) mass is 455 g/mol. The fourth-order valence-electron chi connectivity index (χ4n) is 2.79. The number of halogens is 3. The van der Waals surface area contributed by atoms with E-state index in [0.29, 0.717) is 23.4 Å². The lowest BCUT2D eigenvalue weighted by atomic mass is 9.81. The molecule has 1 aliphatic heterocycles. The molecule has 1 aliphatic rings. The van der Waals surface area contributed by atoms with Crippen LogP contribution in [0.4, 0.5) is 35.9 Å². The molecule has 170 valence electrons. The highest BCUT2D eigenvalue weighted by Gasteiger charge is 2.36. The number of nitrogens with zero attached hydrogens (tertiary/aromatic N) is 4. The molecule has 0 saturated carbocycles. The number of nitro benzene ring substituents is 3. The number of hydrogen-bond acceptors (Lipinski definition) is 8. The highest BCUT2D eigenvalue weighted by molar-refractivity contribution is 5.99. The van der Waals surface area contributed by atoms with Crippen LogP contribution < -0.4 is 5.11 Å². The number of fused-ring (bicyclic) bond motifs is 1. The molecule has 0 aromatic heterocycles. The first-order chi connectivity index (χ1) is 14.6. The third-order valence-corrected chi connectivity index (χ3v) is 4.83. The van der Waals surface area contributed by atoms with Crippen molar-refractivity contribution in [3.63, 3.8) is 0 Å². The van der Waals surface area contributed by atoms with Crippen molar-refractivity contribution in [3.8, 4) is 5.75 Å². The Labute approximate surface area is 177 Å². The second-order valence-corrected chi connectivity index (χ2v) is 7.14. The smallest absolute Gasteiger partial charge is 0.416 e. The van der Waals surface area contributed by atoms with Crippen molar-refractivity contribution in [2.24, 2.45) is 4.99 Å². The van der Waals surface area contributed by atoms with Crippen LogP contribution in [-0.2, 0) is 11.6 Å². The summed E-state index contributed by atoms with van der Waals surface area (Å²) in [4.78, 5) is 31.8. The molecule has 32 heavy (non-hydrogen) atoms. The molecule has 14 heteroatoms. The van der Waals surface area contributed by atoms with E-state index in [9.17, 15) is 48.6 Å². The van der Waals surface area contributed by atoms with E-state index in [1.807, 2.05) is 20.8 Å². The summed E-state index contributed by atoms with van der Waals surface area (Å²) < 4.78 is 37.7. The molecule has 0 bridgehead atoms. The summed E-state index contributed by atoms with van der Waals surface area (Å²) >= 11 is 0. The quantitative estimate of drug-likeness (QED) is 0.483. The first-order valence-electron chi connectivity index (χ1n) is 8.63. The molecule has 0 unspecified atom stereocenters. The molecule has 0 radical (unpaired) electrons. The number of alkyl halides is 3. The summed E-state index contributed by atoms with van der Waals surface area (Å²) in [6, 6.07) is 4.49. The van der Waals surface area contributed by atoms with E-state index in [2.05, 4.69) is 4.99 Å². The van der Waals surface area contributed by atoms with E-state index in [0.717, 1.165) is 11.8 Å². The van der Waals surface area contributed by atoms with Crippen LogP contribution in [0.25, 0.3) is 0 Å². The van der Waals surface area contributed by atoms with Gasteiger partial charge in [-0.25, -0.2) is 0 Å². The molecule has 0 N–H and O–H groups in total. The average molecular weight is 455 g/mol. The predicted molar refractivity (Wildman–Crippen MR) is 103 cm³/mol. The molecular weight excluding hydrogens is 441 g/mol. The van der Waals surface area contributed by atoms with Crippen molar-refractivity contribution in [2.75, 3.05) is 0 Å². The van der Waals surface area contributed by atoms with Crippen LogP contribution >= 0.6 is 0 Å².